The second-order valence-corrected chi connectivity index (χ2v) is 5.67. The van der Waals surface area contributed by atoms with Crippen molar-refractivity contribution in [3.05, 3.63) is 28.8 Å². The molecular formula is C13H18ClF3N2. The van der Waals surface area contributed by atoms with Gasteiger partial charge in [-0.05, 0) is 32.9 Å². The second-order valence-electron chi connectivity index (χ2n) is 5.26. The Balaban J connectivity index is 2.73. The molecule has 0 heterocycles. The van der Waals surface area contributed by atoms with Gasteiger partial charge in [0.05, 0.1) is 16.3 Å². The molecule has 1 rings (SSSR count). The maximum atomic E-state index is 12.8. The molecule has 1 aromatic rings. The molecule has 0 saturated heterocycles. The molecule has 0 bridgehead atoms. The standard InChI is InChI=1S/C13H18ClF3N2/c1-12(2,3)19-8-7-18-11-9(13(15,16)17)5-4-6-10(11)14/h4-6,18-19H,7-8H2,1-3H3. The maximum absolute atomic E-state index is 12.8. The van der Waals surface area contributed by atoms with Crippen molar-refractivity contribution in [3.63, 3.8) is 0 Å². The first kappa shape index (κ1) is 16.1. The Morgan fingerprint density at radius 2 is 1.74 bits per heavy atom. The Morgan fingerprint density at radius 3 is 2.26 bits per heavy atom. The number of benzene rings is 1. The second kappa shape index (κ2) is 6.01. The van der Waals surface area contributed by atoms with E-state index in [-0.39, 0.29) is 16.2 Å². The van der Waals surface area contributed by atoms with Gasteiger partial charge in [0.1, 0.15) is 0 Å². The molecule has 0 atom stereocenters. The molecule has 0 aliphatic rings. The van der Waals surface area contributed by atoms with Crippen molar-refractivity contribution < 1.29 is 13.2 Å². The molecule has 0 aliphatic carbocycles. The molecule has 1 aromatic carbocycles. The lowest BCUT2D eigenvalue weighted by Crippen LogP contribution is -2.38. The van der Waals surface area contributed by atoms with Crippen LogP contribution < -0.4 is 10.6 Å². The topological polar surface area (TPSA) is 24.1 Å². The molecule has 0 radical (unpaired) electrons. The Hall–Kier alpha value is -0.940. The van der Waals surface area contributed by atoms with Gasteiger partial charge in [0.2, 0.25) is 0 Å². The molecule has 2 nitrogen and oxygen atoms in total. The van der Waals surface area contributed by atoms with E-state index in [1.165, 1.54) is 12.1 Å². The van der Waals surface area contributed by atoms with Crippen molar-refractivity contribution in [2.45, 2.75) is 32.5 Å². The van der Waals surface area contributed by atoms with E-state index in [1.54, 1.807) is 0 Å². The van der Waals surface area contributed by atoms with Gasteiger partial charge in [-0.2, -0.15) is 13.2 Å². The van der Waals surface area contributed by atoms with Crippen LogP contribution in [0.3, 0.4) is 0 Å². The highest BCUT2D eigenvalue weighted by Gasteiger charge is 2.34. The minimum absolute atomic E-state index is 0.0626. The van der Waals surface area contributed by atoms with Crippen molar-refractivity contribution in [3.8, 4) is 0 Å². The molecule has 0 unspecified atom stereocenters. The van der Waals surface area contributed by atoms with E-state index in [0.717, 1.165) is 6.07 Å². The van der Waals surface area contributed by atoms with Crippen LogP contribution in [-0.2, 0) is 6.18 Å². The molecule has 0 saturated carbocycles. The highest BCUT2D eigenvalue weighted by atomic mass is 35.5. The molecular weight excluding hydrogens is 277 g/mol. The summed E-state index contributed by atoms with van der Waals surface area (Å²) in [5.74, 6) is 0. The first-order valence-corrected chi connectivity index (χ1v) is 6.34. The lowest BCUT2D eigenvalue weighted by Gasteiger charge is -2.21. The molecule has 19 heavy (non-hydrogen) atoms. The number of hydrogen-bond acceptors (Lipinski definition) is 2. The zero-order valence-electron chi connectivity index (χ0n) is 11.2. The van der Waals surface area contributed by atoms with Gasteiger partial charge < -0.3 is 10.6 Å². The number of alkyl halides is 3. The van der Waals surface area contributed by atoms with Crippen LogP contribution in [0.2, 0.25) is 5.02 Å². The van der Waals surface area contributed by atoms with Gasteiger partial charge >= 0.3 is 6.18 Å². The van der Waals surface area contributed by atoms with Crippen molar-refractivity contribution in [2.24, 2.45) is 0 Å². The summed E-state index contributed by atoms with van der Waals surface area (Å²) in [5, 5.41) is 6.00. The normalized spacial score (nSPS) is 12.6. The zero-order chi connectivity index (χ0) is 14.7. The summed E-state index contributed by atoms with van der Waals surface area (Å²) in [6.07, 6.45) is -4.41. The number of anilines is 1. The van der Waals surface area contributed by atoms with Crippen LogP contribution in [0.1, 0.15) is 26.3 Å². The SMILES string of the molecule is CC(C)(C)NCCNc1c(Cl)cccc1C(F)(F)F. The molecule has 2 N–H and O–H groups in total. The van der Waals surface area contributed by atoms with Crippen molar-refractivity contribution in [1.29, 1.82) is 0 Å². The first-order chi connectivity index (χ1) is 8.61. The van der Waals surface area contributed by atoms with Crippen LogP contribution in [0.4, 0.5) is 18.9 Å². The van der Waals surface area contributed by atoms with E-state index in [0.29, 0.717) is 13.1 Å². The van der Waals surface area contributed by atoms with Gasteiger partial charge in [0.25, 0.3) is 0 Å². The van der Waals surface area contributed by atoms with Crippen LogP contribution in [0.25, 0.3) is 0 Å². The van der Waals surface area contributed by atoms with E-state index in [2.05, 4.69) is 10.6 Å². The highest BCUT2D eigenvalue weighted by molar-refractivity contribution is 6.33. The number of rotatable bonds is 4. The van der Waals surface area contributed by atoms with Crippen LogP contribution in [-0.4, -0.2) is 18.6 Å². The maximum Gasteiger partial charge on any atom is 0.418 e. The molecule has 0 fully saturated rings. The highest BCUT2D eigenvalue weighted by Crippen LogP contribution is 2.38. The molecule has 6 heteroatoms. The third-order valence-electron chi connectivity index (χ3n) is 2.40. The van der Waals surface area contributed by atoms with Gasteiger partial charge in [0.15, 0.2) is 0 Å². The number of para-hydroxylation sites is 1. The molecule has 0 aromatic heterocycles. The predicted octanol–water partition coefficient (Wildman–Crippen LogP) is 4.16. The summed E-state index contributed by atoms with van der Waals surface area (Å²) in [4.78, 5) is 0. The fourth-order valence-electron chi connectivity index (χ4n) is 1.57. The number of nitrogens with one attached hydrogen (secondary N) is 2. The summed E-state index contributed by atoms with van der Waals surface area (Å²) < 4.78 is 38.4. The van der Waals surface area contributed by atoms with Crippen LogP contribution in [0.5, 0.6) is 0 Å². The molecule has 0 spiro atoms. The van der Waals surface area contributed by atoms with Gasteiger partial charge in [-0.15, -0.1) is 0 Å². The molecule has 108 valence electrons. The van der Waals surface area contributed by atoms with Crippen molar-refractivity contribution in [1.82, 2.24) is 5.32 Å². The van der Waals surface area contributed by atoms with Crippen LogP contribution in [0.15, 0.2) is 18.2 Å². The first-order valence-electron chi connectivity index (χ1n) is 5.96. The Morgan fingerprint density at radius 1 is 1.11 bits per heavy atom. The minimum atomic E-state index is -4.41. The fraction of sp³-hybridized carbons (Fsp3) is 0.538. The Kier molecular flexibility index (Phi) is 5.10. The van der Waals surface area contributed by atoms with E-state index >= 15 is 0 Å². The molecule has 0 aliphatic heterocycles. The Labute approximate surface area is 116 Å². The van der Waals surface area contributed by atoms with E-state index in [9.17, 15) is 13.2 Å². The van der Waals surface area contributed by atoms with Gasteiger partial charge in [-0.25, -0.2) is 0 Å². The van der Waals surface area contributed by atoms with E-state index in [4.69, 9.17) is 11.6 Å². The van der Waals surface area contributed by atoms with E-state index in [1.807, 2.05) is 20.8 Å². The summed E-state index contributed by atoms with van der Waals surface area (Å²) in [7, 11) is 0. The predicted molar refractivity (Wildman–Crippen MR) is 72.7 cm³/mol. The summed E-state index contributed by atoms with van der Waals surface area (Å²) in [5.41, 5.74) is -0.877. The van der Waals surface area contributed by atoms with Crippen LogP contribution >= 0.6 is 11.6 Å². The van der Waals surface area contributed by atoms with Gasteiger partial charge in [0, 0.05) is 18.6 Å². The van der Waals surface area contributed by atoms with Crippen LogP contribution in [0, 0.1) is 0 Å². The average Bonchev–Trinajstić information content (AvgIpc) is 2.23. The summed E-state index contributed by atoms with van der Waals surface area (Å²) in [6, 6.07) is 3.76. The largest absolute Gasteiger partial charge is 0.418 e. The number of hydrogen-bond donors (Lipinski definition) is 2. The quantitative estimate of drug-likeness (QED) is 0.815. The molecule has 0 amide bonds. The average molecular weight is 295 g/mol. The van der Waals surface area contributed by atoms with Crippen molar-refractivity contribution >= 4 is 17.3 Å². The third kappa shape index (κ3) is 5.28. The smallest absolute Gasteiger partial charge is 0.382 e. The van der Waals surface area contributed by atoms with Crippen molar-refractivity contribution in [2.75, 3.05) is 18.4 Å². The Bertz CT molecular complexity index is 425. The minimum Gasteiger partial charge on any atom is -0.382 e. The lowest BCUT2D eigenvalue weighted by molar-refractivity contribution is -0.136. The van der Waals surface area contributed by atoms with Gasteiger partial charge in [-0.1, -0.05) is 17.7 Å². The fourth-order valence-corrected chi connectivity index (χ4v) is 1.81. The third-order valence-corrected chi connectivity index (χ3v) is 2.72. The van der Waals surface area contributed by atoms with E-state index < -0.39 is 11.7 Å². The lowest BCUT2D eigenvalue weighted by atomic mass is 10.1. The zero-order valence-corrected chi connectivity index (χ0v) is 11.9. The monoisotopic (exact) mass is 294 g/mol. The summed E-state index contributed by atoms with van der Waals surface area (Å²) in [6.45, 7) is 6.88. The summed E-state index contributed by atoms with van der Waals surface area (Å²) >= 11 is 5.82. The van der Waals surface area contributed by atoms with Gasteiger partial charge in [-0.3, -0.25) is 0 Å². The number of halogens is 4.